The summed E-state index contributed by atoms with van der Waals surface area (Å²) in [4.78, 5) is 13.6. The molecule has 0 bridgehead atoms. The van der Waals surface area contributed by atoms with Gasteiger partial charge in [-0.1, -0.05) is 25.1 Å². The fourth-order valence-electron chi connectivity index (χ4n) is 2.17. The van der Waals surface area contributed by atoms with E-state index < -0.39 is 0 Å². The first-order chi connectivity index (χ1) is 7.16. The molecule has 3 heteroatoms. The fourth-order valence-corrected chi connectivity index (χ4v) is 2.17. The molecular formula is C12H15NO2. The quantitative estimate of drug-likeness (QED) is 0.699. The molecule has 0 spiro atoms. The summed E-state index contributed by atoms with van der Waals surface area (Å²) in [6.45, 7) is 2.03. The van der Waals surface area contributed by atoms with Gasteiger partial charge >= 0.3 is 0 Å². The van der Waals surface area contributed by atoms with Crippen LogP contribution < -0.4 is 4.90 Å². The predicted molar refractivity (Wildman–Crippen MR) is 59.1 cm³/mol. The van der Waals surface area contributed by atoms with Gasteiger partial charge in [-0.15, -0.1) is 0 Å². The molecule has 80 valence electrons. The number of nitrogens with zero attached hydrogens (tertiary/aromatic N) is 1. The van der Waals surface area contributed by atoms with E-state index in [1.807, 2.05) is 25.1 Å². The molecule has 1 amide bonds. The first-order valence-electron chi connectivity index (χ1n) is 5.06. The van der Waals surface area contributed by atoms with E-state index >= 15 is 0 Å². The predicted octanol–water partition coefficient (Wildman–Crippen LogP) is 1.78. The van der Waals surface area contributed by atoms with Crippen LogP contribution >= 0.6 is 0 Å². The van der Waals surface area contributed by atoms with Gasteiger partial charge in [0.05, 0.1) is 0 Å². The minimum atomic E-state index is -0.357. The van der Waals surface area contributed by atoms with Gasteiger partial charge in [0.15, 0.2) is 0 Å². The number of anilines is 1. The van der Waals surface area contributed by atoms with E-state index in [0.717, 1.165) is 5.69 Å². The third kappa shape index (κ3) is 1.43. The van der Waals surface area contributed by atoms with Gasteiger partial charge in [-0.2, -0.15) is 0 Å². The van der Waals surface area contributed by atoms with Crippen molar-refractivity contribution < 1.29 is 9.53 Å². The van der Waals surface area contributed by atoms with Crippen molar-refractivity contribution in [3.8, 4) is 0 Å². The van der Waals surface area contributed by atoms with Crippen LogP contribution in [0, 0.1) is 0 Å². The molecule has 2 unspecified atom stereocenters. The standard InChI is InChI=1S/C12H15NO2/c1-8-9-6-4-5-7-10(9)13(2)12(14)11(8)15-3/h4-8,11H,1-3H3. The molecule has 2 rings (SSSR count). The summed E-state index contributed by atoms with van der Waals surface area (Å²) in [6, 6.07) is 7.96. The molecule has 0 N–H and O–H groups in total. The van der Waals surface area contributed by atoms with Gasteiger partial charge in [0.25, 0.3) is 5.91 Å². The van der Waals surface area contributed by atoms with Crippen molar-refractivity contribution in [1.82, 2.24) is 0 Å². The summed E-state index contributed by atoms with van der Waals surface area (Å²) >= 11 is 0. The Hall–Kier alpha value is -1.35. The molecule has 0 saturated carbocycles. The maximum atomic E-state index is 11.9. The average Bonchev–Trinajstić information content (AvgIpc) is 2.27. The molecule has 1 heterocycles. The van der Waals surface area contributed by atoms with Crippen molar-refractivity contribution in [2.45, 2.75) is 18.9 Å². The molecule has 0 radical (unpaired) electrons. The van der Waals surface area contributed by atoms with Gasteiger partial charge < -0.3 is 9.64 Å². The Morgan fingerprint density at radius 2 is 2.00 bits per heavy atom. The summed E-state index contributed by atoms with van der Waals surface area (Å²) in [5.74, 6) is 0.151. The number of hydrogen-bond donors (Lipinski definition) is 0. The first-order valence-corrected chi connectivity index (χ1v) is 5.06. The van der Waals surface area contributed by atoms with E-state index in [2.05, 4.69) is 6.07 Å². The van der Waals surface area contributed by atoms with Crippen LogP contribution in [-0.2, 0) is 9.53 Å². The Morgan fingerprint density at radius 1 is 1.33 bits per heavy atom. The van der Waals surface area contributed by atoms with Gasteiger partial charge in [0, 0.05) is 25.8 Å². The lowest BCUT2D eigenvalue weighted by Crippen LogP contribution is -2.44. The number of rotatable bonds is 1. The maximum absolute atomic E-state index is 11.9. The normalized spacial score (nSPS) is 25.3. The minimum absolute atomic E-state index is 0.0312. The summed E-state index contributed by atoms with van der Waals surface area (Å²) in [5.41, 5.74) is 2.16. The smallest absolute Gasteiger partial charge is 0.256 e. The molecule has 0 saturated heterocycles. The van der Waals surface area contributed by atoms with E-state index in [1.54, 1.807) is 19.1 Å². The highest BCUT2D eigenvalue weighted by atomic mass is 16.5. The van der Waals surface area contributed by atoms with Crippen molar-refractivity contribution in [1.29, 1.82) is 0 Å². The lowest BCUT2D eigenvalue weighted by Gasteiger charge is -2.35. The second-order valence-electron chi connectivity index (χ2n) is 3.90. The molecule has 3 nitrogen and oxygen atoms in total. The van der Waals surface area contributed by atoms with Crippen LogP contribution in [0.2, 0.25) is 0 Å². The van der Waals surface area contributed by atoms with E-state index in [-0.39, 0.29) is 17.9 Å². The van der Waals surface area contributed by atoms with Crippen LogP contribution in [0.4, 0.5) is 5.69 Å². The van der Waals surface area contributed by atoms with Crippen molar-refractivity contribution in [3.63, 3.8) is 0 Å². The van der Waals surface area contributed by atoms with Crippen molar-refractivity contribution in [2.24, 2.45) is 0 Å². The third-order valence-corrected chi connectivity index (χ3v) is 3.07. The molecule has 1 aliphatic heterocycles. The van der Waals surface area contributed by atoms with Crippen molar-refractivity contribution in [2.75, 3.05) is 19.1 Å². The molecule has 0 fully saturated rings. The molecule has 15 heavy (non-hydrogen) atoms. The summed E-state index contributed by atoms with van der Waals surface area (Å²) in [5, 5.41) is 0. The Balaban J connectivity index is 2.52. The number of ether oxygens (including phenoxy) is 1. The zero-order valence-corrected chi connectivity index (χ0v) is 9.23. The first kappa shape index (κ1) is 10.2. The number of amides is 1. The summed E-state index contributed by atoms with van der Waals surface area (Å²) in [6.07, 6.45) is -0.357. The number of hydrogen-bond acceptors (Lipinski definition) is 2. The Kier molecular flexibility index (Phi) is 2.49. The number of para-hydroxylation sites is 1. The van der Waals surface area contributed by atoms with E-state index in [1.165, 1.54) is 5.56 Å². The topological polar surface area (TPSA) is 29.5 Å². The van der Waals surface area contributed by atoms with Crippen LogP contribution in [0.25, 0.3) is 0 Å². The largest absolute Gasteiger partial charge is 0.371 e. The number of benzene rings is 1. The number of fused-ring (bicyclic) bond motifs is 1. The molecule has 1 aromatic carbocycles. The lowest BCUT2D eigenvalue weighted by molar-refractivity contribution is -0.129. The number of likely N-dealkylation sites (N-methyl/N-ethyl adjacent to an activating group) is 1. The van der Waals surface area contributed by atoms with Crippen LogP contribution in [-0.4, -0.2) is 26.2 Å². The Morgan fingerprint density at radius 3 is 2.67 bits per heavy atom. The van der Waals surface area contributed by atoms with Gasteiger partial charge in [-0.25, -0.2) is 0 Å². The molecule has 0 aromatic heterocycles. The van der Waals surface area contributed by atoms with Crippen LogP contribution in [0.15, 0.2) is 24.3 Å². The lowest BCUT2D eigenvalue weighted by atomic mass is 9.89. The van der Waals surface area contributed by atoms with E-state index in [9.17, 15) is 4.79 Å². The summed E-state index contributed by atoms with van der Waals surface area (Å²) < 4.78 is 5.25. The van der Waals surface area contributed by atoms with Gasteiger partial charge in [-0.05, 0) is 11.6 Å². The highest BCUT2D eigenvalue weighted by Crippen LogP contribution is 2.35. The highest BCUT2D eigenvalue weighted by molar-refractivity contribution is 5.99. The van der Waals surface area contributed by atoms with Crippen molar-refractivity contribution >= 4 is 11.6 Å². The second kappa shape index (κ2) is 3.66. The second-order valence-corrected chi connectivity index (χ2v) is 3.90. The Bertz CT molecular complexity index is 389. The van der Waals surface area contributed by atoms with Crippen LogP contribution in [0.3, 0.4) is 0 Å². The van der Waals surface area contributed by atoms with Gasteiger partial charge in [0.2, 0.25) is 0 Å². The number of carbonyl (C=O) groups excluding carboxylic acids is 1. The van der Waals surface area contributed by atoms with Crippen LogP contribution in [0.5, 0.6) is 0 Å². The molecular weight excluding hydrogens is 190 g/mol. The zero-order valence-electron chi connectivity index (χ0n) is 9.23. The van der Waals surface area contributed by atoms with Gasteiger partial charge in [-0.3, -0.25) is 4.79 Å². The Labute approximate surface area is 89.7 Å². The highest BCUT2D eigenvalue weighted by Gasteiger charge is 2.36. The average molecular weight is 205 g/mol. The van der Waals surface area contributed by atoms with Crippen LogP contribution in [0.1, 0.15) is 18.4 Å². The SMILES string of the molecule is COC1C(=O)N(C)c2ccccc2C1C. The van der Waals surface area contributed by atoms with Gasteiger partial charge in [0.1, 0.15) is 6.10 Å². The zero-order chi connectivity index (χ0) is 11.0. The molecule has 1 aromatic rings. The number of methoxy groups -OCH3 is 1. The molecule has 2 atom stereocenters. The minimum Gasteiger partial charge on any atom is -0.371 e. The number of carbonyl (C=O) groups is 1. The van der Waals surface area contributed by atoms with E-state index in [4.69, 9.17) is 4.74 Å². The van der Waals surface area contributed by atoms with E-state index in [0.29, 0.717) is 0 Å². The maximum Gasteiger partial charge on any atom is 0.256 e. The third-order valence-electron chi connectivity index (χ3n) is 3.07. The molecule has 1 aliphatic rings. The monoisotopic (exact) mass is 205 g/mol. The fraction of sp³-hybridized carbons (Fsp3) is 0.417. The summed E-state index contributed by atoms with van der Waals surface area (Å²) in [7, 11) is 3.37. The molecule has 0 aliphatic carbocycles. The van der Waals surface area contributed by atoms with Crippen molar-refractivity contribution in [3.05, 3.63) is 29.8 Å².